The molecule has 0 spiro atoms. The van der Waals surface area contributed by atoms with E-state index in [0.29, 0.717) is 22.7 Å². The van der Waals surface area contributed by atoms with Crippen LogP contribution in [0.1, 0.15) is 34.6 Å². The molecule has 1 atom stereocenters. The quantitative estimate of drug-likeness (QED) is 0.594. The van der Waals surface area contributed by atoms with Crippen molar-refractivity contribution in [3.63, 3.8) is 0 Å². The third-order valence-corrected chi connectivity index (χ3v) is 3.78. The van der Waals surface area contributed by atoms with Crippen molar-refractivity contribution in [1.29, 1.82) is 0 Å². The lowest BCUT2D eigenvalue weighted by atomic mass is 10.1. The number of esters is 1. The Bertz CT molecular complexity index is 839. The second-order valence-electron chi connectivity index (χ2n) is 5.78. The van der Waals surface area contributed by atoms with Crippen LogP contribution in [0.5, 0.6) is 11.5 Å². The molecule has 0 saturated carbocycles. The number of nitrogens with one attached hydrogen (secondary N) is 1. The summed E-state index contributed by atoms with van der Waals surface area (Å²) in [5.41, 5.74) is 1.11. The molecule has 0 aliphatic rings. The van der Waals surface area contributed by atoms with Crippen LogP contribution in [0.3, 0.4) is 0 Å². The fourth-order valence-electron chi connectivity index (χ4n) is 2.27. The van der Waals surface area contributed by atoms with Gasteiger partial charge in [-0.2, -0.15) is 0 Å². The number of methoxy groups -OCH3 is 2. The van der Waals surface area contributed by atoms with Crippen LogP contribution >= 0.6 is 0 Å². The van der Waals surface area contributed by atoms with E-state index in [2.05, 4.69) is 5.32 Å². The summed E-state index contributed by atoms with van der Waals surface area (Å²) in [4.78, 5) is 36.0. The Morgan fingerprint density at radius 3 is 2.11 bits per heavy atom. The number of ketones is 1. The average Bonchev–Trinajstić information content (AvgIpc) is 2.67. The molecule has 2 rings (SSSR count). The highest BCUT2D eigenvalue weighted by atomic mass is 16.5. The highest BCUT2D eigenvalue weighted by Gasteiger charge is 2.20. The molecular weight excluding hydrogens is 350 g/mol. The molecule has 27 heavy (non-hydrogen) atoms. The van der Waals surface area contributed by atoms with Gasteiger partial charge in [0, 0.05) is 17.3 Å². The van der Waals surface area contributed by atoms with Crippen molar-refractivity contribution >= 4 is 23.3 Å². The summed E-state index contributed by atoms with van der Waals surface area (Å²) in [6.07, 6.45) is -1.05. The summed E-state index contributed by atoms with van der Waals surface area (Å²) in [6.45, 7) is 2.90. The third kappa shape index (κ3) is 5.31. The molecule has 1 amide bonds. The monoisotopic (exact) mass is 371 g/mol. The minimum absolute atomic E-state index is 0.113. The van der Waals surface area contributed by atoms with E-state index in [9.17, 15) is 14.4 Å². The zero-order chi connectivity index (χ0) is 20.0. The third-order valence-electron chi connectivity index (χ3n) is 3.78. The van der Waals surface area contributed by atoms with Crippen LogP contribution in [-0.4, -0.2) is 38.0 Å². The van der Waals surface area contributed by atoms with Gasteiger partial charge in [-0.1, -0.05) is 12.1 Å². The molecule has 0 aromatic heterocycles. The van der Waals surface area contributed by atoms with Crippen LogP contribution in [0.25, 0.3) is 0 Å². The summed E-state index contributed by atoms with van der Waals surface area (Å²) in [5, 5.41) is 2.62. The molecule has 0 heterocycles. The Morgan fingerprint density at radius 2 is 1.56 bits per heavy atom. The van der Waals surface area contributed by atoms with E-state index in [1.807, 2.05) is 0 Å². The van der Waals surface area contributed by atoms with Crippen molar-refractivity contribution in [3.8, 4) is 11.5 Å². The summed E-state index contributed by atoms with van der Waals surface area (Å²) in [7, 11) is 2.93. The molecule has 2 aromatic carbocycles. The van der Waals surface area contributed by atoms with Gasteiger partial charge in [-0.3, -0.25) is 9.59 Å². The molecule has 7 nitrogen and oxygen atoms in total. The predicted octanol–water partition coefficient (Wildman–Crippen LogP) is 3.09. The van der Waals surface area contributed by atoms with E-state index < -0.39 is 18.0 Å². The van der Waals surface area contributed by atoms with Gasteiger partial charge < -0.3 is 19.5 Å². The van der Waals surface area contributed by atoms with Crippen LogP contribution in [-0.2, 0) is 9.53 Å². The van der Waals surface area contributed by atoms with Gasteiger partial charge in [0.25, 0.3) is 5.91 Å². The summed E-state index contributed by atoms with van der Waals surface area (Å²) in [6, 6.07) is 11.1. The van der Waals surface area contributed by atoms with Crippen LogP contribution in [0, 0.1) is 0 Å². The number of benzene rings is 2. The molecular formula is C20H21NO6. The highest BCUT2D eigenvalue weighted by Crippen LogP contribution is 2.23. The van der Waals surface area contributed by atoms with E-state index in [0.717, 1.165) is 0 Å². The van der Waals surface area contributed by atoms with Crippen molar-refractivity contribution in [3.05, 3.63) is 53.6 Å². The Kier molecular flexibility index (Phi) is 6.54. The molecule has 0 bridgehead atoms. The van der Waals surface area contributed by atoms with Gasteiger partial charge in [0.2, 0.25) is 0 Å². The normalized spacial score (nSPS) is 11.3. The zero-order valence-corrected chi connectivity index (χ0v) is 15.6. The highest BCUT2D eigenvalue weighted by molar-refractivity contribution is 5.99. The van der Waals surface area contributed by atoms with E-state index >= 15 is 0 Å². The number of rotatable bonds is 7. The van der Waals surface area contributed by atoms with Gasteiger partial charge in [0.05, 0.1) is 19.8 Å². The molecule has 0 saturated heterocycles. The number of anilines is 1. The SMILES string of the molecule is COc1cc(OC)cc(C(=O)OC(C)C(=O)Nc2cccc(C(C)=O)c2)c1. The number of hydrogen-bond donors (Lipinski definition) is 1. The molecule has 142 valence electrons. The van der Waals surface area contributed by atoms with E-state index in [1.54, 1.807) is 30.3 Å². The predicted molar refractivity (Wildman–Crippen MR) is 99.5 cm³/mol. The number of hydrogen-bond acceptors (Lipinski definition) is 6. The van der Waals surface area contributed by atoms with Crippen LogP contribution in [0.2, 0.25) is 0 Å². The summed E-state index contributed by atoms with van der Waals surface area (Å²) in [5.74, 6) is -0.456. The van der Waals surface area contributed by atoms with Crippen molar-refractivity contribution < 1.29 is 28.6 Å². The number of amides is 1. The number of carbonyl (C=O) groups is 3. The maximum absolute atomic E-state index is 12.3. The fraction of sp³-hybridized carbons (Fsp3) is 0.250. The summed E-state index contributed by atoms with van der Waals surface area (Å²) < 4.78 is 15.4. The largest absolute Gasteiger partial charge is 0.497 e. The lowest BCUT2D eigenvalue weighted by molar-refractivity contribution is -0.123. The van der Waals surface area contributed by atoms with Crippen molar-refractivity contribution in [2.45, 2.75) is 20.0 Å². The molecule has 0 fully saturated rings. The first-order valence-electron chi connectivity index (χ1n) is 8.20. The van der Waals surface area contributed by atoms with Gasteiger partial charge in [-0.25, -0.2) is 4.79 Å². The molecule has 0 aliphatic carbocycles. The number of ether oxygens (including phenoxy) is 3. The molecule has 7 heteroatoms. The minimum atomic E-state index is -1.05. The first kappa shape index (κ1) is 20.0. The standard InChI is InChI=1S/C20H21NO6/c1-12(22)14-6-5-7-16(8-14)21-19(23)13(2)27-20(24)15-9-17(25-3)11-18(10-15)26-4/h5-11,13H,1-4H3,(H,21,23). The van der Waals surface area contributed by atoms with E-state index in [-0.39, 0.29) is 11.3 Å². The fourth-order valence-corrected chi connectivity index (χ4v) is 2.27. The van der Waals surface area contributed by atoms with Crippen molar-refractivity contribution in [2.24, 2.45) is 0 Å². The first-order valence-corrected chi connectivity index (χ1v) is 8.20. The first-order chi connectivity index (χ1) is 12.8. The Morgan fingerprint density at radius 1 is 0.926 bits per heavy atom. The molecule has 1 N–H and O–H groups in total. The second-order valence-corrected chi connectivity index (χ2v) is 5.78. The minimum Gasteiger partial charge on any atom is -0.497 e. The molecule has 1 unspecified atom stereocenters. The summed E-state index contributed by atoms with van der Waals surface area (Å²) >= 11 is 0. The molecule has 0 aliphatic heterocycles. The maximum atomic E-state index is 12.3. The van der Waals surface area contributed by atoms with Crippen LogP contribution in [0.15, 0.2) is 42.5 Å². The van der Waals surface area contributed by atoms with Crippen molar-refractivity contribution in [1.82, 2.24) is 0 Å². The van der Waals surface area contributed by atoms with E-state index in [4.69, 9.17) is 14.2 Å². The Labute approximate surface area is 157 Å². The maximum Gasteiger partial charge on any atom is 0.339 e. The van der Waals surface area contributed by atoms with E-state index in [1.165, 1.54) is 40.2 Å². The smallest absolute Gasteiger partial charge is 0.339 e. The molecule has 0 radical (unpaired) electrons. The molecule has 2 aromatic rings. The van der Waals surface area contributed by atoms with Gasteiger partial charge in [0.1, 0.15) is 11.5 Å². The number of Topliss-reactive ketones (excluding diaryl/α,β-unsaturated/α-hetero) is 1. The average molecular weight is 371 g/mol. The van der Waals surface area contributed by atoms with Crippen molar-refractivity contribution in [2.75, 3.05) is 19.5 Å². The van der Waals surface area contributed by atoms with Gasteiger partial charge >= 0.3 is 5.97 Å². The second kappa shape index (κ2) is 8.84. The number of carbonyl (C=O) groups excluding carboxylic acids is 3. The lowest BCUT2D eigenvalue weighted by Crippen LogP contribution is -2.30. The van der Waals surface area contributed by atoms with Gasteiger partial charge in [0.15, 0.2) is 11.9 Å². The lowest BCUT2D eigenvalue weighted by Gasteiger charge is -2.14. The van der Waals surface area contributed by atoms with Crippen LogP contribution < -0.4 is 14.8 Å². The Hall–Kier alpha value is -3.35. The topological polar surface area (TPSA) is 90.9 Å². The van der Waals surface area contributed by atoms with Crippen LogP contribution in [0.4, 0.5) is 5.69 Å². The Balaban J connectivity index is 2.06. The zero-order valence-electron chi connectivity index (χ0n) is 15.6. The van der Waals surface area contributed by atoms with Gasteiger partial charge in [-0.15, -0.1) is 0 Å². The van der Waals surface area contributed by atoms with Gasteiger partial charge in [-0.05, 0) is 38.1 Å².